The number of hydrogen-bond acceptors (Lipinski definition) is 6. The number of nitro benzene ring substituents is 1. The fourth-order valence-electron chi connectivity index (χ4n) is 3.78. The molecule has 1 aliphatic heterocycles. The molecule has 2 aromatic heterocycles. The molecule has 164 valence electrons. The highest BCUT2D eigenvalue weighted by atomic mass is 16.6. The van der Waals surface area contributed by atoms with E-state index in [0.717, 1.165) is 5.56 Å². The van der Waals surface area contributed by atoms with Crippen molar-refractivity contribution in [1.82, 2.24) is 19.4 Å². The lowest BCUT2D eigenvalue weighted by Crippen LogP contribution is -2.41. The van der Waals surface area contributed by atoms with E-state index in [1.807, 2.05) is 13.0 Å². The average molecular weight is 434 g/mol. The zero-order valence-electron chi connectivity index (χ0n) is 17.5. The molecule has 1 N–H and O–H groups in total. The minimum Gasteiger partial charge on any atom is -0.339 e. The van der Waals surface area contributed by atoms with Gasteiger partial charge in [0.25, 0.3) is 11.6 Å². The van der Waals surface area contributed by atoms with Gasteiger partial charge in [0.05, 0.1) is 11.3 Å². The Bertz CT molecular complexity index is 1150. The van der Waals surface area contributed by atoms with Gasteiger partial charge < -0.3 is 14.8 Å². The van der Waals surface area contributed by atoms with Gasteiger partial charge in [-0.05, 0) is 49.6 Å². The molecular formula is C22H22N6O4. The van der Waals surface area contributed by atoms with Crippen LogP contribution in [-0.4, -0.2) is 49.3 Å². The van der Waals surface area contributed by atoms with Gasteiger partial charge in [-0.15, -0.1) is 0 Å². The third-order valence-electron chi connectivity index (χ3n) is 5.52. The number of imidazole rings is 1. The largest absolute Gasteiger partial charge is 0.339 e. The minimum absolute atomic E-state index is 0.115. The number of rotatable bonds is 5. The minimum atomic E-state index is -0.512. The summed E-state index contributed by atoms with van der Waals surface area (Å²) in [6.07, 6.45) is 7.26. The van der Waals surface area contributed by atoms with E-state index >= 15 is 0 Å². The van der Waals surface area contributed by atoms with Crippen LogP contribution in [0.2, 0.25) is 0 Å². The first kappa shape index (κ1) is 21.2. The second kappa shape index (κ2) is 8.96. The molecule has 10 nitrogen and oxygen atoms in total. The maximum Gasteiger partial charge on any atom is 0.294 e. The predicted molar refractivity (Wildman–Crippen MR) is 116 cm³/mol. The Morgan fingerprint density at radius 1 is 1.16 bits per heavy atom. The Labute approximate surface area is 184 Å². The Hall–Kier alpha value is -4.08. The molecule has 1 aromatic carbocycles. The van der Waals surface area contributed by atoms with E-state index in [4.69, 9.17) is 0 Å². The summed E-state index contributed by atoms with van der Waals surface area (Å²) in [5, 5.41) is 14.4. The van der Waals surface area contributed by atoms with Crippen LogP contribution in [0.3, 0.4) is 0 Å². The van der Waals surface area contributed by atoms with Crippen molar-refractivity contribution in [3.8, 4) is 5.69 Å². The highest BCUT2D eigenvalue weighted by molar-refractivity contribution is 5.96. The van der Waals surface area contributed by atoms with Crippen LogP contribution < -0.4 is 5.32 Å². The summed E-state index contributed by atoms with van der Waals surface area (Å²) in [6.45, 7) is 2.72. The monoisotopic (exact) mass is 434 g/mol. The summed E-state index contributed by atoms with van der Waals surface area (Å²) in [6, 6.07) is 8.07. The Morgan fingerprint density at radius 3 is 2.59 bits per heavy atom. The van der Waals surface area contributed by atoms with Gasteiger partial charge in [0.1, 0.15) is 11.5 Å². The van der Waals surface area contributed by atoms with Gasteiger partial charge in [0, 0.05) is 49.2 Å². The number of benzene rings is 1. The van der Waals surface area contributed by atoms with Crippen LogP contribution in [0.15, 0.2) is 55.2 Å². The van der Waals surface area contributed by atoms with Crippen molar-refractivity contribution in [2.24, 2.45) is 5.92 Å². The number of hydrogen-bond donors (Lipinski definition) is 1. The second-order valence-electron chi connectivity index (χ2n) is 7.70. The zero-order valence-corrected chi connectivity index (χ0v) is 17.5. The van der Waals surface area contributed by atoms with Crippen LogP contribution in [0.25, 0.3) is 5.69 Å². The number of carbonyl (C=O) groups excluding carboxylic acids is 2. The van der Waals surface area contributed by atoms with Gasteiger partial charge in [-0.25, -0.2) is 9.97 Å². The standard InChI is InChI=1S/C22H22N6O4/c1-15-4-7-24-20(12-15)25-21(29)16-5-9-26(10-6-16)22(30)17-2-3-18(19(13-17)28(31)32)27-11-8-23-14-27/h2-4,7-8,11-14,16H,5-6,9-10H2,1H3,(H,24,25,29). The van der Waals surface area contributed by atoms with Gasteiger partial charge in [0.15, 0.2) is 0 Å². The van der Waals surface area contributed by atoms with Gasteiger partial charge in [-0.3, -0.25) is 19.7 Å². The van der Waals surface area contributed by atoms with Crippen molar-refractivity contribution >= 4 is 23.3 Å². The molecule has 1 fully saturated rings. The predicted octanol–water partition coefficient (Wildman–Crippen LogP) is 2.97. The molecule has 0 bridgehead atoms. The third-order valence-corrected chi connectivity index (χ3v) is 5.52. The SMILES string of the molecule is Cc1ccnc(NC(=O)C2CCN(C(=O)c3ccc(-n4ccnc4)c([N+](=O)[O-])c3)CC2)c1. The maximum atomic E-state index is 13.0. The molecule has 0 unspecified atom stereocenters. The number of nitrogens with one attached hydrogen (secondary N) is 1. The van der Waals surface area contributed by atoms with Crippen LogP contribution in [0.4, 0.5) is 11.5 Å². The molecule has 0 saturated carbocycles. The molecular weight excluding hydrogens is 412 g/mol. The molecule has 2 amide bonds. The first-order valence-electron chi connectivity index (χ1n) is 10.2. The quantitative estimate of drug-likeness (QED) is 0.486. The van der Waals surface area contributed by atoms with Crippen LogP contribution in [0.1, 0.15) is 28.8 Å². The average Bonchev–Trinajstić information content (AvgIpc) is 3.33. The van der Waals surface area contributed by atoms with E-state index in [-0.39, 0.29) is 29.0 Å². The Kier molecular flexibility index (Phi) is 5.93. The first-order valence-corrected chi connectivity index (χ1v) is 10.2. The highest BCUT2D eigenvalue weighted by Gasteiger charge is 2.29. The van der Waals surface area contributed by atoms with Crippen LogP contribution in [0, 0.1) is 23.0 Å². The van der Waals surface area contributed by atoms with Gasteiger partial charge in [-0.2, -0.15) is 0 Å². The lowest BCUT2D eigenvalue weighted by molar-refractivity contribution is -0.384. The van der Waals surface area contributed by atoms with Crippen molar-refractivity contribution in [1.29, 1.82) is 0 Å². The van der Waals surface area contributed by atoms with E-state index in [0.29, 0.717) is 37.4 Å². The third kappa shape index (κ3) is 4.48. The van der Waals surface area contributed by atoms with Crippen molar-refractivity contribution in [3.63, 3.8) is 0 Å². The fraction of sp³-hybridized carbons (Fsp3) is 0.273. The Morgan fingerprint density at radius 2 is 1.94 bits per heavy atom. The molecule has 10 heteroatoms. The summed E-state index contributed by atoms with van der Waals surface area (Å²) in [5.74, 6) is -0.113. The number of nitrogens with zero attached hydrogens (tertiary/aromatic N) is 5. The van der Waals surface area contributed by atoms with Crippen LogP contribution in [0.5, 0.6) is 0 Å². The molecule has 32 heavy (non-hydrogen) atoms. The molecule has 3 heterocycles. The summed E-state index contributed by atoms with van der Waals surface area (Å²) < 4.78 is 1.53. The van der Waals surface area contributed by atoms with Crippen LogP contribution in [-0.2, 0) is 4.79 Å². The second-order valence-corrected chi connectivity index (χ2v) is 7.70. The van der Waals surface area contributed by atoms with Gasteiger partial charge >= 0.3 is 0 Å². The summed E-state index contributed by atoms with van der Waals surface area (Å²) in [7, 11) is 0. The lowest BCUT2D eigenvalue weighted by atomic mass is 9.95. The van der Waals surface area contributed by atoms with Crippen molar-refractivity contribution in [2.75, 3.05) is 18.4 Å². The first-order chi connectivity index (χ1) is 15.4. The highest BCUT2D eigenvalue weighted by Crippen LogP contribution is 2.26. The van der Waals surface area contributed by atoms with E-state index in [9.17, 15) is 19.7 Å². The molecule has 0 aliphatic carbocycles. The lowest BCUT2D eigenvalue weighted by Gasteiger charge is -2.31. The molecule has 1 saturated heterocycles. The number of amides is 2. The normalized spacial score (nSPS) is 14.2. The summed E-state index contributed by atoms with van der Waals surface area (Å²) in [5.41, 5.74) is 1.41. The summed E-state index contributed by atoms with van der Waals surface area (Å²) in [4.78, 5) is 46.2. The van der Waals surface area contributed by atoms with Crippen molar-refractivity contribution in [3.05, 3.63) is 76.5 Å². The van der Waals surface area contributed by atoms with Crippen LogP contribution >= 0.6 is 0 Å². The molecule has 0 radical (unpaired) electrons. The van der Waals surface area contributed by atoms with E-state index in [1.165, 1.54) is 23.2 Å². The summed E-state index contributed by atoms with van der Waals surface area (Å²) >= 11 is 0. The number of pyridine rings is 1. The number of carbonyl (C=O) groups is 2. The van der Waals surface area contributed by atoms with Crippen molar-refractivity contribution in [2.45, 2.75) is 19.8 Å². The number of nitro groups is 1. The zero-order chi connectivity index (χ0) is 22.7. The molecule has 0 spiro atoms. The maximum absolute atomic E-state index is 13.0. The number of likely N-dealkylation sites (tertiary alicyclic amines) is 1. The molecule has 4 rings (SSSR count). The van der Waals surface area contributed by atoms with Gasteiger partial charge in [-0.1, -0.05) is 0 Å². The smallest absolute Gasteiger partial charge is 0.294 e. The molecule has 0 atom stereocenters. The number of aromatic nitrogens is 3. The van der Waals surface area contributed by atoms with Gasteiger partial charge in [0.2, 0.25) is 5.91 Å². The van der Waals surface area contributed by atoms with E-state index < -0.39 is 4.92 Å². The Balaban J connectivity index is 1.41. The molecule has 3 aromatic rings. The fourth-order valence-corrected chi connectivity index (χ4v) is 3.78. The number of piperidine rings is 1. The topological polar surface area (TPSA) is 123 Å². The van der Waals surface area contributed by atoms with E-state index in [1.54, 1.807) is 35.5 Å². The molecule has 1 aliphatic rings. The van der Waals surface area contributed by atoms with E-state index in [2.05, 4.69) is 15.3 Å². The number of aryl methyl sites for hydroxylation is 1. The number of anilines is 1. The van der Waals surface area contributed by atoms with Crippen molar-refractivity contribution < 1.29 is 14.5 Å².